The van der Waals surface area contributed by atoms with Crippen molar-refractivity contribution in [1.29, 1.82) is 0 Å². The Morgan fingerprint density at radius 3 is 2.45 bits per heavy atom. The van der Waals surface area contributed by atoms with Crippen molar-refractivity contribution in [2.45, 2.75) is 24.8 Å². The third-order valence-corrected chi connectivity index (χ3v) is 3.46. The predicted molar refractivity (Wildman–Crippen MR) is 72.0 cm³/mol. The summed E-state index contributed by atoms with van der Waals surface area (Å²) in [6.07, 6.45) is 2.27. The molecule has 0 bridgehead atoms. The van der Waals surface area contributed by atoms with Crippen molar-refractivity contribution in [3.05, 3.63) is 18.3 Å². The topological polar surface area (TPSA) is 113 Å². The van der Waals surface area contributed by atoms with Crippen molar-refractivity contribution < 1.29 is 23.1 Å². The zero-order chi connectivity index (χ0) is 15.3. The van der Waals surface area contributed by atoms with E-state index in [4.69, 9.17) is 5.11 Å². The van der Waals surface area contributed by atoms with Crippen LogP contribution in [0.1, 0.15) is 19.8 Å². The van der Waals surface area contributed by atoms with Crippen molar-refractivity contribution in [1.82, 2.24) is 4.98 Å². The van der Waals surface area contributed by atoms with Crippen LogP contribution in [0.15, 0.2) is 23.4 Å². The van der Waals surface area contributed by atoms with Crippen LogP contribution in [0.3, 0.4) is 0 Å². The molecule has 1 unspecified atom stereocenters. The van der Waals surface area contributed by atoms with Gasteiger partial charge in [0.05, 0.1) is 11.9 Å². The van der Waals surface area contributed by atoms with E-state index in [0.717, 1.165) is 6.26 Å². The van der Waals surface area contributed by atoms with Crippen LogP contribution in [0.2, 0.25) is 0 Å². The second-order valence-corrected chi connectivity index (χ2v) is 6.58. The van der Waals surface area contributed by atoms with Gasteiger partial charge in [0.2, 0.25) is 5.91 Å². The van der Waals surface area contributed by atoms with Crippen LogP contribution in [0.25, 0.3) is 0 Å². The van der Waals surface area contributed by atoms with Gasteiger partial charge < -0.3 is 10.4 Å². The zero-order valence-corrected chi connectivity index (χ0v) is 12.0. The second kappa shape index (κ2) is 6.47. The fourth-order valence-electron chi connectivity index (χ4n) is 1.57. The number of carbonyl (C=O) groups excluding carboxylic acids is 1. The van der Waals surface area contributed by atoms with Gasteiger partial charge in [-0.15, -0.1) is 0 Å². The maximum Gasteiger partial charge on any atom is 0.303 e. The Balaban J connectivity index is 2.61. The predicted octanol–water partition coefficient (Wildman–Crippen LogP) is 0.924. The van der Waals surface area contributed by atoms with Gasteiger partial charge in [0.15, 0.2) is 14.9 Å². The molecular weight excluding hydrogens is 284 g/mol. The minimum atomic E-state index is -3.37. The molecule has 0 aliphatic carbocycles. The van der Waals surface area contributed by atoms with E-state index in [1.807, 2.05) is 0 Å². The molecule has 110 valence electrons. The van der Waals surface area contributed by atoms with Crippen LogP contribution in [0.5, 0.6) is 0 Å². The van der Waals surface area contributed by atoms with Gasteiger partial charge in [-0.2, -0.15) is 0 Å². The number of rotatable bonds is 6. The fourth-order valence-corrected chi connectivity index (χ4v) is 2.13. The number of aliphatic carboxylic acids is 1. The standard InChI is InChI=1S/C12H16N2O5S/c1-8(6-12(16)17)5-10(15)14-9-3-4-11(13-7-9)20(2,18)19/h3-4,7-8H,5-6H2,1-2H3,(H,14,15)(H,16,17). The van der Waals surface area contributed by atoms with E-state index in [9.17, 15) is 18.0 Å². The van der Waals surface area contributed by atoms with Crippen molar-refractivity contribution in [2.75, 3.05) is 11.6 Å². The number of nitrogens with zero attached hydrogens (tertiary/aromatic N) is 1. The summed E-state index contributed by atoms with van der Waals surface area (Å²) in [5, 5.41) is 11.1. The molecule has 1 heterocycles. The molecule has 20 heavy (non-hydrogen) atoms. The summed E-state index contributed by atoms with van der Waals surface area (Å²) in [5.41, 5.74) is 0.366. The first-order valence-electron chi connectivity index (χ1n) is 5.86. The number of carbonyl (C=O) groups is 2. The largest absolute Gasteiger partial charge is 0.481 e. The van der Waals surface area contributed by atoms with Crippen molar-refractivity contribution in [2.24, 2.45) is 5.92 Å². The number of pyridine rings is 1. The lowest BCUT2D eigenvalue weighted by atomic mass is 10.0. The van der Waals surface area contributed by atoms with E-state index in [2.05, 4.69) is 10.3 Å². The average Bonchev–Trinajstić information content (AvgIpc) is 2.26. The lowest BCUT2D eigenvalue weighted by molar-refractivity contribution is -0.138. The normalized spacial score (nSPS) is 12.7. The van der Waals surface area contributed by atoms with Crippen LogP contribution in [-0.4, -0.2) is 36.6 Å². The summed E-state index contributed by atoms with van der Waals surface area (Å²) in [4.78, 5) is 25.9. The minimum Gasteiger partial charge on any atom is -0.481 e. The summed E-state index contributed by atoms with van der Waals surface area (Å²) in [5.74, 6) is -1.58. The molecule has 0 aliphatic rings. The number of hydrogen-bond acceptors (Lipinski definition) is 5. The van der Waals surface area contributed by atoms with E-state index < -0.39 is 15.8 Å². The van der Waals surface area contributed by atoms with Crippen molar-refractivity contribution in [3.63, 3.8) is 0 Å². The summed E-state index contributed by atoms with van der Waals surface area (Å²) < 4.78 is 22.4. The maximum absolute atomic E-state index is 11.6. The van der Waals surface area contributed by atoms with Gasteiger partial charge in [-0.05, 0) is 18.1 Å². The van der Waals surface area contributed by atoms with Gasteiger partial charge in [-0.25, -0.2) is 13.4 Å². The van der Waals surface area contributed by atoms with Crippen molar-refractivity contribution in [3.8, 4) is 0 Å². The molecule has 1 aromatic rings. The Morgan fingerprint density at radius 2 is 2.00 bits per heavy atom. The molecule has 0 fully saturated rings. The first-order valence-corrected chi connectivity index (χ1v) is 7.75. The number of sulfone groups is 1. The highest BCUT2D eigenvalue weighted by atomic mass is 32.2. The molecule has 1 aromatic heterocycles. The molecule has 1 rings (SSSR count). The molecule has 0 aliphatic heterocycles. The number of carboxylic acid groups (broad SMARTS) is 1. The molecule has 7 nitrogen and oxygen atoms in total. The number of amides is 1. The highest BCUT2D eigenvalue weighted by molar-refractivity contribution is 7.90. The maximum atomic E-state index is 11.6. The minimum absolute atomic E-state index is 0.0696. The number of nitrogens with one attached hydrogen (secondary N) is 1. The van der Waals surface area contributed by atoms with Gasteiger partial charge in [0.1, 0.15) is 0 Å². The van der Waals surface area contributed by atoms with Crippen molar-refractivity contribution >= 4 is 27.4 Å². The Kier molecular flexibility index (Phi) is 5.20. The van der Waals surface area contributed by atoms with E-state index >= 15 is 0 Å². The lowest BCUT2D eigenvalue weighted by Gasteiger charge is -2.09. The zero-order valence-electron chi connectivity index (χ0n) is 11.2. The average molecular weight is 300 g/mol. The fraction of sp³-hybridized carbons (Fsp3) is 0.417. The summed E-state index contributed by atoms with van der Waals surface area (Å²) in [6, 6.07) is 2.73. The lowest BCUT2D eigenvalue weighted by Crippen LogP contribution is -2.17. The molecule has 0 aromatic carbocycles. The van der Waals surface area contributed by atoms with Crippen LogP contribution in [-0.2, 0) is 19.4 Å². The molecule has 8 heteroatoms. The Bertz CT molecular complexity index is 595. The molecule has 1 amide bonds. The van der Waals surface area contributed by atoms with Gasteiger partial charge in [0, 0.05) is 19.1 Å². The van der Waals surface area contributed by atoms with E-state index in [1.54, 1.807) is 6.92 Å². The molecule has 0 radical (unpaired) electrons. The smallest absolute Gasteiger partial charge is 0.303 e. The van der Waals surface area contributed by atoms with Crippen LogP contribution in [0, 0.1) is 5.92 Å². The molecule has 0 saturated heterocycles. The molecular formula is C12H16N2O5S. The van der Waals surface area contributed by atoms with Crippen LogP contribution >= 0.6 is 0 Å². The third kappa shape index (κ3) is 5.35. The Labute approximate surface area is 116 Å². The van der Waals surface area contributed by atoms with Crippen LogP contribution < -0.4 is 5.32 Å². The number of aromatic nitrogens is 1. The number of anilines is 1. The summed E-state index contributed by atoms with van der Waals surface area (Å²) in [7, 11) is -3.37. The quantitative estimate of drug-likeness (QED) is 0.807. The van der Waals surface area contributed by atoms with Gasteiger partial charge in [-0.1, -0.05) is 6.92 Å². The van der Waals surface area contributed by atoms with E-state index in [0.29, 0.717) is 5.69 Å². The van der Waals surface area contributed by atoms with E-state index in [-0.39, 0.29) is 29.7 Å². The van der Waals surface area contributed by atoms with Crippen LogP contribution in [0.4, 0.5) is 5.69 Å². The summed E-state index contributed by atoms with van der Waals surface area (Å²) >= 11 is 0. The molecule has 0 saturated carbocycles. The highest BCUT2D eigenvalue weighted by Crippen LogP contribution is 2.13. The second-order valence-electron chi connectivity index (χ2n) is 4.61. The number of carboxylic acids is 1. The van der Waals surface area contributed by atoms with E-state index in [1.165, 1.54) is 18.3 Å². The van der Waals surface area contributed by atoms with Gasteiger partial charge in [0.25, 0.3) is 0 Å². The highest BCUT2D eigenvalue weighted by Gasteiger charge is 2.13. The molecule has 1 atom stereocenters. The van der Waals surface area contributed by atoms with Gasteiger partial charge >= 0.3 is 5.97 Å². The molecule has 2 N–H and O–H groups in total. The number of hydrogen-bond donors (Lipinski definition) is 2. The first-order chi connectivity index (χ1) is 9.18. The Hall–Kier alpha value is -1.96. The first kappa shape index (κ1) is 16.1. The Morgan fingerprint density at radius 1 is 1.35 bits per heavy atom. The molecule has 0 spiro atoms. The van der Waals surface area contributed by atoms with Gasteiger partial charge in [-0.3, -0.25) is 9.59 Å². The monoisotopic (exact) mass is 300 g/mol. The SMILES string of the molecule is CC(CC(=O)O)CC(=O)Nc1ccc(S(C)(=O)=O)nc1. The summed E-state index contributed by atoms with van der Waals surface area (Å²) in [6.45, 7) is 1.67. The third-order valence-electron chi connectivity index (χ3n) is 2.46.